The van der Waals surface area contributed by atoms with Crippen LogP contribution in [-0.4, -0.2) is 30.2 Å². The van der Waals surface area contributed by atoms with Gasteiger partial charge in [-0.25, -0.2) is 9.78 Å². The summed E-state index contributed by atoms with van der Waals surface area (Å²) < 4.78 is 3.22. The van der Waals surface area contributed by atoms with Crippen LogP contribution in [0, 0.1) is 13.8 Å². The van der Waals surface area contributed by atoms with Crippen LogP contribution >= 0.6 is 0 Å². The van der Waals surface area contributed by atoms with Crippen LogP contribution < -0.4 is 16.2 Å². The van der Waals surface area contributed by atoms with Crippen molar-refractivity contribution in [3.8, 4) is 0 Å². The van der Waals surface area contributed by atoms with E-state index in [0.717, 1.165) is 22.5 Å². The smallest absolute Gasteiger partial charge is 0.321 e. The van der Waals surface area contributed by atoms with Gasteiger partial charge in [0.05, 0.1) is 6.54 Å². The number of hydrogen-bond acceptors (Lipinski definition) is 5. The number of fused-ring (bicyclic) bond motifs is 1. The molecule has 0 aliphatic carbocycles. The zero-order valence-electron chi connectivity index (χ0n) is 16.7. The van der Waals surface area contributed by atoms with E-state index in [1.807, 2.05) is 50.2 Å². The molecule has 152 valence electrons. The number of urea groups is 1. The zero-order chi connectivity index (χ0) is 21.1. The highest BCUT2D eigenvalue weighted by Gasteiger charge is 2.10. The van der Waals surface area contributed by atoms with Gasteiger partial charge in [-0.3, -0.25) is 10.1 Å². The predicted octanol–water partition coefficient (Wildman–Crippen LogP) is 2.27. The quantitative estimate of drug-likeness (QED) is 0.532. The number of hydrogen-bond donors (Lipinski definition) is 2. The van der Waals surface area contributed by atoms with Crippen LogP contribution in [0.4, 0.5) is 10.7 Å². The van der Waals surface area contributed by atoms with Crippen molar-refractivity contribution in [3.63, 3.8) is 0 Å². The van der Waals surface area contributed by atoms with Gasteiger partial charge in [0.15, 0.2) is 0 Å². The second kappa shape index (κ2) is 8.16. The summed E-state index contributed by atoms with van der Waals surface area (Å²) >= 11 is 0. The number of benzene rings is 1. The van der Waals surface area contributed by atoms with Gasteiger partial charge in [-0.2, -0.15) is 9.50 Å². The van der Waals surface area contributed by atoms with Crippen LogP contribution in [-0.2, 0) is 13.1 Å². The van der Waals surface area contributed by atoms with Gasteiger partial charge in [-0.05, 0) is 37.1 Å². The molecule has 0 saturated heterocycles. The molecule has 0 spiro atoms. The van der Waals surface area contributed by atoms with E-state index >= 15 is 0 Å². The zero-order valence-corrected chi connectivity index (χ0v) is 16.7. The van der Waals surface area contributed by atoms with E-state index in [1.54, 1.807) is 21.3 Å². The largest absolute Gasteiger partial charge is 0.334 e. The lowest BCUT2D eigenvalue weighted by atomic mass is 10.1. The number of carbonyl (C=O) groups is 1. The lowest BCUT2D eigenvalue weighted by molar-refractivity contribution is 0.251. The Morgan fingerprint density at radius 1 is 1.03 bits per heavy atom. The molecular weight excluding hydrogens is 382 g/mol. The van der Waals surface area contributed by atoms with Crippen LogP contribution in [0.1, 0.15) is 22.5 Å². The monoisotopic (exact) mass is 403 g/mol. The summed E-state index contributed by atoms with van der Waals surface area (Å²) in [4.78, 5) is 32.5. The van der Waals surface area contributed by atoms with E-state index in [-0.39, 0.29) is 11.5 Å². The van der Waals surface area contributed by atoms with Crippen LogP contribution in [0.5, 0.6) is 0 Å². The third kappa shape index (κ3) is 4.35. The summed E-state index contributed by atoms with van der Waals surface area (Å²) in [6.45, 7) is 4.63. The van der Waals surface area contributed by atoms with E-state index in [1.165, 1.54) is 6.07 Å². The minimum absolute atomic E-state index is 0.0407. The molecular formula is C21H21N7O2. The molecule has 2 amide bonds. The summed E-state index contributed by atoms with van der Waals surface area (Å²) in [6, 6.07) is 14.3. The number of carbonyl (C=O) groups excluding carboxylic acids is 1. The first-order chi connectivity index (χ1) is 14.5. The van der Waals surface area contributed by atoms with Crippen molar-refractivity contribution in [2.75, 3.05) is 5.32 Å². The Hall–Kier alpha value is -4.01. The molecule has 9 heteroatoms. The minimum Gasteiger partial charge on any atom is -0.334 e. The number of nitrogens with one attached hydrogen (secondary N) is 2. The van der Waals surface area contributed by atoms with Gasteiger partial charge in [0.25, 0.3) is 17.3 Å². The fourth-order valence-electron chi connectivity index (χ4n) is 3.10. The second-order valence-corrected chi connectivity index (χ2v) is 6.98. The average molecular weight is 403 g/mol. The summed E-state index contributed by atoms with van der Waals surface area (Å²) in [7, 11) is 0. The number of aromatic nitrogens is 5. The molecule has 0 bridgehead atoms. The predicted molar refractivity (Wildman–Crippen MR) is 112 cm³/mol. The highest BCUT2D eigenvalue weighted by molar-refractivity contribution is 5.87. The summed E-state index contributed by atoms with van der Waals surface area (Å²) in [5, 5.41) is 9.66. The molecule has 4 rings (SSSR count). The maximum atomic E-state index is 12.2. The summed E-state index contributed by atoms with van der Waals surface area (Å²) in [5.74, 6) is 0.633. The van der Waals surface area contributed by atoms with Gasteiger partial charge in [0.2, 0.25) is 0 Å². The van der Waals surface area contributed by atoms with Crippen molar-refractivity contribution in [2.24, 2.45) is 0 Å². The second-order valence-electron chi connectivity index (χ2n) is 6.98. The first kappa shape index (κ1) is 19.3. The minimum atomic E-state index is -0.403. The maximum absolute atomic E-state index is 12.2. The van der Waals surface area contributed by atoms with Crippen LogP contribution in [0.25, 0.3) is 5.78 Å². The maximum Gasteiger partial charge on any atom is 0.321 e. The number of pyridine rings is 1. The third-order valence-electron chi connectivity index (χ3n) is 4.57. The topological polar surface area (TPSA) is 106 Å². The lowest BCUT2D eigenvalue weighted by Gasteiger charge is -2.08. The van der Waals surface area contributed by atoms with Crippen molar-refractivity contribution in [2.45, 2.75) is 26.9 Å². The van der Waals surface area contributed by atoms with Crippen molar-refractivity contribution < 1.29 is 4.79 Å². The molecule has 0 unspecified atom stereocenters. The number of nitrogens with zero attached hydrogens (tertiary/aromatic N) is 5. The first-order valence-electron chi connectivity index (χ1n) is 9.47. The van der Waals surface area contributed by atoms with Crippen LogP contribution in [0.3, 0.4) is 0 Å². The van der Waals surface area contributed by atoms with Gasteiger partial charge in [0.1, 0.15) is 0 Å². The van der Waals surface area contributed by atoms with Crippen LogP contribution in [0.15, 0.2) is 59.5 Å². The van der Waals surface area contributed by atoms with Crippen LogP contribution in [0.2, 0.25) is 0 Å². The van der Waals surface area contributed by atoms with Crippen molar-refractivity contribution >= 4 is 17.8 Å². The van der Waals surface area contributed by atoms with E-state index < -0.39 is 6.03 Å². The molecule has 2 N–H and O–H groups in total. The van der Waals surface area contributed by atoms with E-state index in [0.29, 0.717) is 18.9 Å². The SMILES string of the molecule is Cc1cc(C)n2nc(NC(=O)NCc3ccc(Cn4ccccc4=O)cc3)nc2n1. The fourth-order valence-corrected chi connectivity index (χ4v) is 3.10. The highest BCUT2D eigenvalue weighted by atomic mass is 16.2. The molecule has 3 aromatic heterocycles. The molecule has 3 heterocycles. The molecule has 0 atom stereocenters. The van der Waals surface area contributed by atoms with Gasteiger partial charge in [0, 0.05) is 30.2 Å². The molecule has 0 radical (unpaired) electrons. The third-order valence-corrected chi connectivity index (χ3v) is 4.57. The Balaban J connectivity index is 1.34. The first-order valence-corrected chi connectivity index (χ1v) is 9.47. The number of aryl methyl sites for hydroxylation is 2. The highest BCUT2D eigenvalue weighted by Crippen LogP contribution is 2.09. The van der Waals surface area contributed by atoms with Gasteiger partial charge < -0.3 is 9.88 Å². The Bertz CT molecular complexity index is 1260. The molecule has 0 saturated carbocycles. The van der Waals surface area contributed by atoms with Crippen molar-refractivity contribution in [1.82, 2.24) is 29.5 Å². The lowest BCUT2D eigenvalue weighted by Crippen LogP contribution is -2.28. The standard InChI is InChI=1S/C21H21N7O2/c1-14-11-15(2)28-20(23-14)24-19(26-28)25-21(30)22-12-16-6-8-17(9-7-16)13-27-10-4-3-5-18(27)29/h3-11H,12-13H2,1-2H3,(H2,22,25,26,30). The molecule has 1 aromatic carbocycles. The van der Waals surface area contributed by atoms with Gasteiger partial charge >= 0.3 is 6.03 Å². The van der Waals surface area contributed by atoms with E-state index in [9.17, 15) is 9.59 Å². The van der Waals surface area contributed by atoms with E-state index in [4.69, 9.17) is 0 Å². The Kier molecular flexibility index (Phi) is 5.25. The number of rotatable bonds is 5. The van der Waals surface area contributed by atoms with Gasteiger partial charge in [-0.15, -0.1) is 5.10 Å². The molecule has 0 aliphatic rings. The van der Waals surface area contributed by atoms with Gasteiger partial charge in [-0.1, -0.05) is 30.3 Å². The van der Waals surface area contributed by atoms with Crippen molar-refractivity contribution in [3.05, 3.63) is 87.6 Å². The normalized spacial score (nSPS) is 10.9. The number of amides is 2. The summed E-state index contributed by atoms with van der Waals surface area (Å²) in [5.41, 5.74) is 3.62. The number of anilines is 1. The molecule has 0 aliphatic heterocycles. The summed E-state index contributed by atoms with van der Waals surface area (Å²) in [6.07, 6.45) is 1.76. The molecule has 9 nitrogen and oxygen atoms in total. The molecule has 30 heavy (non-hydrogen) atoms. The molecule has 0 fully saturated rings. The fraction of sp³-hybridized carbons (Fsp3) is 0.190. The van der Waals surface area contributed by atoms with E-state index in [2.05, 4.69) is 25.7 Å². The van der Waals surface area contributed by atoms with Crippen molar-refractivity contribution in [1.29, 1.82) is 0 Å². The Labute approximate surface area is 172 Å². The Morgan fingerprint density at radius 3 is 2.57 bits per heavy atom. The average Bonchev–Trinajstić information content (AvgIpc) is 3.12. The molecule has 4 aromatic rings. The Morgan fingerprint density at radius 2 is 1.80 bits per heavy atom.